The van der Waals surface area contributed by atoms with Gasteiger partial charge >= 0.3 is 0 Å². The molecule has 0 aliphatic heterocycles. The van der Waals surface area contributed by atoms with Crippen LogP contribution in [-0.2, 0) is 11.0 Å². The summed E-state index contributed by atoms with van der Waals surface area (Å²) in [5, 5.41) is 18.0. The van der Waals surface area contributed by atoms with Crippen molar-refractivity contribution in [3.63, 3.8) is 0 Å². The molecule has 3 N–H and O–H groups in total. The number of aliphatic hydroxyl groups is 1. The first kappa shape index (κ1) is 22.0. The molecule has 1 atom stereocenters. The molecule has 0 spiro atoms. The molecule has 148 valence electrons. The Labute approximate surface area is 182 Å². The molecule has 1 aliphatic carbocycles. The third-order valence-electron chi connectivity index (χ3n) is 4.85. The van der Waals surface area contributed by atoms with E-state index in [1.54, 1.807) is 25.3 Å². The van der Waals surface area contributed by atoms with Gasteiger partial charge in [-0.1, -0.05) is 23.7 Å². The number of hydrogen-bond acceptors (Lipinski definition) is 3. The highest BCUT2D eigenvalue weighted by atomic mass is 127. The molecule has 1 unspecified atom stereocenters. The summed E-state index contributed by atoms with van der Waals surface area (Å²) in [5.41, 5.74) is 0.302. The van der Waals surface area contributed by atoms with Crippen molar-refractivity contribution in [1.82, 2.24) is 10.6 Å². The van der Waals surface area contributed by atoms with Crippen LogP contribution in [0.5, 0.6) is 0 Å². The Bertz CT molecular complexity index is 741. The second kappa shape index (κ2) is 9.30. The minimum absolute atomic E-state index is 0. The summed E-state index contributed by atoms with van der Waals surface area (Å²) in [6.07, 6.45) is 3.84. The number of rotatable bonds is 7. The van der Waals surface area contributed by atoms with Gasteiger partial charge in [0.2, 0.25) is 0 Å². The van der Waals surface area contributed by atoms with Crippen molar-refractivity contribution >= 4 is 41.5 Å². The van der Waals surface area contributed by atoms with Crippen LogP contribution in [0.15, 0.2) is 52.1 Å². The maximum atomic E-state index is 10.6. The average Bonchev–Trinajstić information content (AvgIpc) is 3.19. The van der Waals surface area contributed by atoms with Gasteiger partial charge in [0.1, 0.15) is 11.4 Å². The molecular formula is C20H27ClIN3O2. The first-order valence-corrected chi connectivity index (χ1v) is 9.38. The zero-order valence-electron chi connectivity index (χ0n) is 15.7. The van der Waals surface area contributed by atoms with Crippen LogP contribution in [0.3, 0.4) is 0 Å². The quantitative estimate of drug-likeness (QED) is 0.303. The van der Waals surface area contributed by atoms with Crippen molar-refractivity contribution < 1.29 is 9.52 Å². The summed E-state index contributed by atoms with van der Waals surface area (Å²) in [4.78, 5) is 4.54. The molecule has 0 amide bonds. The van der Waals surface area contributed by atoms with Crippen molar-refractivity contribution in [1.29, 1.82) is 0 Å². The molecular weight excluding hydrogens is 477 g/mol. The van der Waals surface area contributed by atoms with E-state index in [0.717, 1.165) is 31.0 Å². The maximum Gasteiger partial charge on any atom is 0.191 e. The second-order valence-electron chi connectivity index (χ2n) is 7.09. The molecule has 0 bridgehead atoms. The van der Waals surface area contributed by atoms with Gasteiger partial charge in [0.15, 0.2) is 5.96 Å². The molecule has 0 radical (unpaired) electrons. The van der Waals surface area contributed by atoms with E-state index in [1.807, 2.05) is 19.1 Å². The summed E-state index contributed by atoms with van der Waals surface area (Å²) in [5.74, 6) is 1.21. The molecule has 1 saturated carbocycles. The minimum Gasteiger partial charge on any atom is -0.466 e. The standard InChI is InChI=1S/C20H26ClN3O2.HI/c1-3-22-18(23-13-19(2,25)17-5-4-12-26-17)24-14-20(10-11-20)15-6-8-16(21)9-7-15;/h4-9,12,25H,3,10-11,13-14H2,1-2H3,(H2,22,23,24);1H. The summed E-state index contributed by atoms with van der Waals surface area (Å²) in [6.45, 7) is 5.48. The molecule has 1 aromatic heterocycles. The zero-order valence-corrected chi connectivity index (χ0v) is 18.8. The molecule has 0 saturated heterocycles. The Balaban J connectivity index is 0.00000261. The van der Waals surface area contributed by atoms with Gasteiger partial charge in [-0.3, -0.25) is 0 Å². The Kier molecular flexibility index (Phi) is 7.59. The maximum absolute atomic E-state index is 10.6. The Morgan fingerprint density at radius 2 is 1.96 bits per heavy atom. The molecule has 5 nitrogen and oxygen atoms in total. The van der Waals surface area contributed by atoms with E-state index in [4.69, 9.17) is 16.0 Å². The number of hydrogen-bond donors (Lipinski definition) is 3. The van der Waals surface area contributed by atoms with E-state index in [2.05, 4.69) is 27.8 Å². The summed E-state index contributed by atoms with van der Waals surface area (Å²) >= 11 is 6.00. The fraction of sp³-hybridized carbons (Fsp3) is 0.450. The van der Waals surface area contributed by atoms with Gasteiger partial charge in [0, 0.05) is 23.5 Å². The van der Waals surface area contributed by atoms with Gasteiger partial charge in [0.05, 0.1) is 12.8 Å². The Morgan fingerprint density at radius 1 is 1.26 bits per heavy atom. The van der Waals surface area contributed by atoms with Gasteiger partial charge in [-0.15, -0.1) is 24.0 Å². The van der Waals surface area contributed by atoms with Crippen LogP contribution in [0.1, 0.15) is 38.0 Å². The number of halogens is 2. The van der Waals surface area contributed by atoms with E-state index in [1.165, 1.54) is 5.56 Å². The molecule has 1 fully saturated rings. The predicted molar refractivity (Wildman–Crippen MR) is 120 cm³/mol. The van der Waals surface area contributed by atoms with Crippen molar-refractivity contribution in [3.8, 4) is 0 Å². The summed E-state index contributed by atoms with van der Waals surface area (Å²) in [7, 11) is 0. The number of guanidine groups is 1. The number of aliphatic imine (C=N–C) groups is 1. The van der Waals surface area contributed by atoms with E-state index in [-0.39, 0.29) is 35.9 Å². The van der Waals surface area contributed by atoms with E-state index in [9.17, 15) is 5.11 Å². The SMILES string of the molecule is CCNC(=NCC(C)(O)c1ccco1)NCC1(c2ccc(Cl)cc2)CC1.I. The fourth-order valence-corrected chi connectivity index (χ4v) is 3.14. The number of benzene rings is 1. The topological polar surface area (TPSA) is 69.8 Å². The normalized spacial score (nSPS) is 17.6. The third kappa shape index (κ3) is 5.62. The van der Waals surface area contributed by atoms with Gasteiger partial charge in [-0.25, -0.2) is 4.99 Å². The van der Waals surface area contributed by atoms with Crippen molar-refractivity contribution in [2.45, 2.75) is 37.7 Å². The lowest BCUT2D eigenvalue weighted by molar-refractivity contribution is 0.0437. The van der Waals surface area contributed by atoms with Crippen molar-refractivity contribution in [3.05, 3.63) is 59.0 Å². The molecule has 7 heteroatoms. The van der Waals surface area contributed by atoms with Crippen molar-refractivity contribution in [2.24, 2.45) is 4.99 Å². The highest BCUT2D eigenvalue weighted by Gasteiger charge is 2.44. The van der Waals surface area contributed by atoms with Crippen LogP contribution in [0.25, 0.3) is 0 Å². The van der Waals surface area contributed by atoms with Crippen LogP contribution in [0.2, 0.25) is 5.02 Å². The lowest BCUT2D eigenvalue weighted by Crippen LogP contribution is -2.42. The minimum atomic E-state index is -1.14. The van der Waals surface area contributed by atoms with E-state index < -0.39 is 5.60 Å². The molecule has 1 aliphatic rings. The average molecular weight is 504 g/mol. The molecule has 27 heavy (non-hydrogen) atoms. The fourth-order valence-electron chi connectivity index (χ4n) is 3.01. The lowest BCUT2D eigenvalue weighted by Gasteiger charge is -2.21. The second-order valence-corrected chi connectivity index (χ2v) is 7.52. The first-order valence-electron chi connectivity index (χ1n) is 9.00. The third-order valence-corrected chi connectivity index (χ3v) is 5.10. The van der Waals surface area contributed by atoms with Crippen LogP contribution >= 0.6 is 35.6 Å². The number of furan rings is 1. The van der Waals surface area contributed by atoms with Gasteiger partial charge in [-0.2, -0.15) is 0 Å². The first-order chi connectivity index (χ1) is 12.5. The molecule has 2 aromatic rings. The highest BCUT2D eigenvalue weighted by Crippen LogP contribution is 2.47. The van der Waals surface area contributed by atoms with Crippen LogP contribution in [0, 0.1) is 0 Å². The largest absolute Gasteiger partial charge is 0.466 e. The molecule has 3 rings (SSSR count). The predicted octanol–water partition coefficient (Wildman–Crippen LogP) is 4.05. The zero-order chi connectivity index (χ0) is 18.6. The monoisotopic (exact) mass is 503 g/mol. The lowest BCUT2D eigenvalue weighted by atomic mass is 9.96. The Morgan fingerprint density at radius 3 is 2.52 bits per heavy atom. The summed E-state index contributed by atoms with van der Waals surface area (Å²) < 4.78 is 5.31. The van der Waals surface area contributed by atoms with Crippen LogP contribution in [-0.4, -0.2) is 30.7 Å². The van der Waals surface area contributed by atoms with Crippen LogP contribution in [0.4, 0.5) is 0 Å². The van der Waals surface area contributed by atoms with Crippen molar-refractivity contribution in [2.75, 3.05) is 19.6 Å². The summed E-state index contributed by atoms with van der Waals surface area (Å²) in [6, 6.07) is 11.6. The smallest absolute Gasteiger partial charge is 0.191 e. The molecule has 1 aromatic carbocycles. The van der Waals surface area contributed by atoms with Crippen LogP contribution < -0.4 is 10.6 Å². The highest BCUT2D eigenvalue weighted by molar-refractivity contribution is 14.0. The van der Waals surface area contributed by atoms with Gasteiger partial charge in [-0.05, 0) is 56.5 Å². The van der Waals surface area contributed by atoms with Gasteiger partial charge < -0.3 is 20.2 Å². The van der Waals surface area contributed by atoms with E-state index >= 15 is 0 Å². The van der Waals surface area contributed by atoms with Gasteiger partial charge in [0.25, 0.3) is 0 Å². The number of nitrogens with one attached hydrogen (secondary N) is 2. The number of nitrogens with zero attached hydrogens (tertiary/aromatic N) is 1. The Hall–Kier alpha value is -1.25. The van der Waals surface area contributed by atoms with E-state index in [0.29, 0.717) is 11.7 Å². The molecule has 1 heterocycles.